The molecule has 8 heteroatoms. The van der Waals surface area contributed by atoms with Gasteiger partial charge in [0.05, 0.1) is 0 Å². The van der Waals surface area contributed by atoms with Crippen LogP contribution in [0.3, 0.4) is 0 Å². The molecule has 0 saturated carbocycles. The summed E-state index contributed by atoms with van der Waals surface area (Å²) in [4.78, 5) is 44.6. The van der Waals surface area contributed by atoms with E-state index in [2.05, 4.69) is 57.5 Å². The monoisotopic (exact) mass is 760 g/mol. The molecule has 0 radical (unpaired) electrons. The number of hydrogen-bond acceptors (Lipinski definition) is 5. The second-order valence-corrected chi connectivity index (χ2v) is 13.0. The summed E-state index contributed by atoms with van der Waals surface area (Å²) in [5.41, 5.74) is 0. The number of aliphatic hydroxyl groups is 1. The van der Waals surface area contributed by atoms with Crippen LogP contribution in [0.5, 0.6) is 0 Å². The number of carbonyl (C=O) groups excluding carboxylic acids is 4. The fourth-order valence-electron chi connectivity index (χ4n) is 4.67. The Bertz CT molecular complexity index is 721. The molecule has 0 unspecified atom stereocenters. The van der Waals surface area contributed by atoms with Crippen molar-refractivity contribution in [2.75, 3.05) is 24.1 Å². The van der Waals surface area contributed by atoms with Crippen LogP contribution in [0.1, 0.15) is 168 Å². The first-order valence-electron chi connectivity index (χ1n) is 18.5. The van der Waals surface area contributed by atoms with Crippen LogP contribution in [0.25, 0.3) is 0 Å². The molecule has 0 spiro atoms. The summed E-state index contributed by atoms with van der Waals surface area (Å²) in [6.07, 6.45) is 36.1. The first-order chi connectivity index (χ1) is 22.4. The SMILES string of the molecule is CCC(=O)C(=O)NCCCC/C=C\CCCCCCCCCI.CCC(=O)C(=O)NCCCC/C=C\CCCCCCCCCO. The van der Waals surface area contributed by atoms with E-state index in [-0.39, 0.29) is 24.4 Å². The van der Waals surface area contributed by atoms with E-state index in [1.165, 1.54) is 87.9 Å². The van der Waals surface area contributed by atoms with E-state index < -0.39 is 11.8 Å². The maximum atomic E-state index is 11.2. The summed E-state index contributed by atoms with van der Waals surface area (Å²) in [5.74, 6) is -1.54. The van der Waals surface area contributed by atoms with E-state index in [4.69, 9.17) is 5.11 Å². The van der Waals surface area contributed by atoms with Gasteiger partial charge in [-0.15, -0.1) is 0 Å². The lowest BCUT2D eigenvalue weighted by Crippen LogP contribution is -2.31. The van der Waals surface area contributed by atoms with Crippen LogP contribution in [0.15, 0.2) is 24.3 Å². The molecule has 0 atom stereocenters. The van der Waals surface area contributed by atoms with Gasteiger partial charge >= 0.3 is 0 Å². The number of rotatable bonds is 32. The summed E-state index contributed by atoms with van der Waals surface area (Å²) in [6, 6.07) is 0. The van der Waals surface area contributed by atoms with E-state index in [0.717, 1.165) is 57.8 Å². The quantitative estimate of drug-likeness (QED) is 0.0208. The predicted molar refractivity (Wildman–Crippen MR) is 202 cm³/mol. The zero-order valence-electron chi connectivity index (χ0n) is 29.6. The molecule has 0 saturated heterocycles. The van der Waals surface area contributed by atoms with Crippen molar-refractivity contribution < 1.29 is 24.3 Å². The number of amides is 2. The zero-order valence-corrected chi connectivity index (χ0v) is 31.7. The Labute approximate surface area is 296 Å². The van der Waals surface area contributed by atoms with Gasteiger partial charge in [-0.1, -0.05) is 125 Å². The molecule has 0 aliphatic carbocycles. The van der Waals surface area contributed by atoms with Crippen LogP contribution < -0.4 is 10.6 Å². The second-order valence-electron chi connectivity index (χ2n) is 11.9. The van der Waals surface area contributed by atoms with Gasteiger partial charge in [0.1, 0.15) is 0 Å². The van der Waals surface area contributed by atoms with Gasteiger partial charge in [0.25, 0.3) is 11.8 Å². The Morgan fingerprint density at radius 3 is 1.11 bits per heavy atom. The molecule has 268 valence electrons. The smallest absolute Gasteiger partial charge is 0.287 e. The van der Waals surface area contributed by atoms with Crippen molar-refractivity contribution in [2.24, 2.45) is 0 Å². The molecule has 0 aromatic rings. The molecular formula is C38H69IN2O5. The summed E-state index contributed by atoms with van der Waals surface area (Å²) in [5, 5.41) is 14.0. The molecule has 0 rings (SSSR count). The molecular weight excluding hydrogens is 691 g/mol. The van der Waals surface area contributed by atoms with E-state index in [9.17, 15) is 19.2 Å². The second kappa shape index (κ2) is 39.6. The van der Waals surface area contributed by atoms with Gasteiger partial charge in [-0.2, -0.15) is 0 Å². The minimum Gasteiger partial charge on any atom is -0.396 e. The van der Waals surface area contributed by atoms with Gasteiger partial charge < -0.3 is 15.7 Å². The van der Waals surface area contributed by atoms with E-state index in [1.807, 2.05) is 0 Å². The molecule has 0 fully saturated rings. The standard InChI is InChI=1S/C19H34INO2.C19H35NO3/c1-2-18(22)19(23)21-17-15-13-11-9-7-5-3-4-6-8-10-12-14-16-20;1-2-18(22)19(23)20-16-14-12-10-8-6-4-3-5-7-9-11-13-15-17-21/h7,9H,2-6,8,10-17H2,1H3,(H,21,23);6,8,21H,2-5,7,9-17H2,1H3,(H,20,23)/b9-7-;8-6-. The van der Waals surface area contributed by atoms with Crippen molar-refractivity contribution >= 4 is 46.0 Å². The summed E-state index contributed by atoms with van der Waals surface area (Å²) >= 11 is 2.45. The number of allylic oxidation sites excluding steroid dienone is 4. The molecule has 0 bridgehead atoms. The van der Waals surface area contributed by atoms with Gasteiger partial charge in [0.15, 0.2) is 0 Å². The van der Waals surface area contributed by atoms with E-state index in [0.29, 0.717) is 19.7 Å². The average molecular weight is 761 g/mol. The van der Waals surface area contributed by atoms with Crippen molar-refractivity contribution in [1.29, 1.82) is 0 Å². The molecule has 0 aromatic carbocycles. The lowest BCUT2D eigenvalue weighted by Gasteiger charge is -2.02. The number of unbranched alkanes of at least 4 members (excludes halogenated alkanes) is 18. The van der Waals surface area contributed by atoms with Crippen molar-refractivity contribution in [3.63, 3.8) is 0 Å². The van der Waals surface area contributed by atoms with Crippen LogP contribution in [0.2, 0.25) is 0 Å². The molecule has 0 heterocycles. The Morgan fingerprint density at radius 1 is 0.478 bits per heavy atom. The van der Waals surface area contributed by atoms with E-state index >= 15 is 0 Å². The normalized spacial score (nSPS) is 11.0. The number of aliphatic hydroxyl groups excluding tert-OH is 1. The Morgan fingerprint density at radius 2 is 0.783 bits per heavy atom. The van der Waals surface area contributed by atoms with Crippen LogP contribution in [-0.2, 0) is 19.2 Å². The number of hydrogen-bond donors (Lipinski definition) is 3. The zero-order chi connectivity index (χ0) is 34.4. The van der Waals surface area contributed by atoms with Crippen molar-refractivity contribution in [3.8, 4) is 0 Å². The molecule has 46 heavy (non-hydrogen) atoms. The number of alkyl halides is 1. The first-order valence-corrected chi connectivity index (χ1v) is 20.1. The van der Waals surface area contributed by atoms with E-state index in [1.54, 1.807) is 13.8 Å². The minimum absolute atomic E-state index is 0.275. The molecule has 2 amide bonds. The van der Waals surface area contributed by atoms with Gasteiger partial charge in [-0.05, 0) is 81.5 Å². The fraction of sp³-hybridized carbons (Fsp3) is 0.789. The van der Waals surface area contributed by atoms with Crippen molar-refractivity contribution in [1.82, 2.24) is 10.6 Å². The Kier molecular flexibility index (Phi) is 40.1. The molecule has 3 N–H and O–H groups in total. The lowest BCUT2D eigenvalue weighted by atomic mass is 10.1. The Hall–Kier alpha value is -1.55. The van der Waals surface area contributed by atoms with Crippen LogP contribution in [-0.4, -0.2) is 52.6 Å². The largest absolute Gasteiger partial charge is 0.396 e. The maximum absolute atomic E-state index is 11.2. The molecule has 0 aliphatic rings. The topological polar surface area (TPSA) is 113 Å². The highest BCUT2D eigenvalue weighted by Crippen LogP contribution is 2.11. The number of halogens is 1. The van der Waals surface area contributed by atoms with Gasteiger partial charge in [0.2, 0.25) is 11.6 Å². The number of ketones is 2. The molecule has 0 aromatic heterocycles. The highest BCUT2D eigenvalue weighted by molar-refractivity contribution is 14.1. The number of nitrogens with one attached hydrogen (secondary N) is 2. The predicted octanol–water partition coefficient (Wildman–Crippen LogP) is 9.29. The lowest BCUT2D eigenvalue weighted by molar-refractivity contribution is -0.137. The van der Waals surface area contributed by atoms with Gasteiger partial charge in [0, 0.05) is 32.5 Å². The van der Waals surface area contributed by atoms with Gasteiger partial charge in [-0.3, -0.25) is 19.2 Å². The van der Waals surface area contributed by atoms with Crippen molar-refractivity contribution in [3.05, 3.63) is 24.3 Å². The maximum Gasteiger partial charge on any atom is 0.287 e. The minimum atomic E-state index is -0.445. The molecule has 0 aliphatic heterocycles. The van der Waals surface area contributed by atoms with Crippen molar-refractivity contribution in [2.45, 2.75) is 168 Å². The first kappa shape index (κ1) is 46.6. The highest BCUT2D eigenvalue weighted by atomic mass is 127. The van der Waals surface area contributed by atoms with Gasteiger partial charge in [-0.25, -0.2) is 0 Å². The third kappa shape index (κ3) is 36.9. The summed E-state index contributed by atoms with van der Waals surface area (Å²) < 4.78 is 1.30. The Balaban J connectivity index is 0. The third-order valence-corrected chi connectivity index (χ3v) is 8.44. The third-order valence-electron chi connectivity index (χ3n) is 7.68. The average Bonchev–Trinajstić information content (AvgIpc) is 3.07. The molecule has 7 nitrogen and oxygen atoms in total. The highest BCUT2D eigenvalue weighted by Gasteiger charge is 2.09. The van der Waals surface area contributed by atoms with Crippen LogP contribution >= 0.6 is 22.6 Å². The van der Waals surface area contributed by atoms with Crippen LogP contribution in [0, 0.1) is 0 Å². The van der Waals surface area contributed by atoms with Crippen LogP contribution in [0.4, 0.5) is 0 Å². The summed E-state index contributed by atoms with van der Waals surface area (Å²) in [6.45, 7) is 4.93. The fourth-order valence-corrected chi connectivity index (χ4v) is 5.21. The number of Topliss-reactive ketones (excluding diaryl/α,β-unsaturated/α-hetero) is 2. The number of carbonyl (C=O) groups is 4. The summed E-state index contributed by atoms with van der Waals surface area (Å²) in [7, 11) is 0.